The SMILES string of the molecule is CCOc1ccc(NC(=O)[C@H](C)Oc2ccc(C#N)cc2OCC)cc1. The van der Waals surface area contributed by atoms with Gasteiger partial charge in [0.1, 0.15) is 5.75 Å². The van der Waals surface area contributed by atoms with Crippen LogP contribution in [0.2, 0.25) is 0 Å². The number of nitrogens with zero attached hydrogens (tertiary/aromatic N) is 1. The van der Waals surface area contributed by atoms with E-state index in [1.807, 2.05) is 13.8 Å². The van der Waals surface area contributed by atoms with E-state index >= 15 is 0 Å². The molecule has 6 nitrogen and oxygen atoms in total. The third-order valence-electron chi connectivity index (χ3n) is 3.48. The van der Waals surface area contributed by atoms with E-state index in [0.717, 1.165) is 5.75 Å². The van der Waals surface area contributed by atoms with Crippen molar-refractivity contribution in [3.63, 3.8) is 0 Å². The van der Waals surface area contributed by atoms with Gasteiger partial charge in [-0.05, 0) is 57.2 Å². The second-order valence-corrected chi connectivity index (χ2v) is 5.41. The molecule has 0 aromatic heterocycles. The fraction of sp³-hybridized carbons (Fsp3) is 0.300. The quantitative estimate of drug-likeness (QED) is 0.781. The Morgan fingerprint density at radius 3 is 2.38 bits per heavy atom. The molecule has 0 bridgehead atoms. The summed E-state index contributed by atoms with van der Waals surface area (Å²) >= 11 is 0. The number of ether oxygens (including phenoxy) is 3. The predicted octanol–water partition coefficient (Wildman–Crippen LogP) is 3.76. The molecule has 0 radical (unpaired) electrons. The average Bonchev–Trinajstić information content (AvgIpc) is 2.65. The summed E-state index contributed by atoms with van der Waals surface area (Å²) in [5.41, 5.74) is 1.12. The minimum atomic E-state index is -0.742. The van der Waals surface area contributed by atoms with E-state index in [9.17, 15) is 4.79 Å². The number of rotatable bonds is 8. The molecule has 1 atom stereocenters. The van der Waals surface area contributed by atoms with Crippen molar-refractivity contribution in [2.24, 2.45) is 0 Å². The Hall–Kier alpha value is -3.20. The number of amides is 1. The molecule has 0 saturated carbocycles. The van der Waals surface area contributed by atoms with Gasteiger partial charge in [-0.3, -0.25) is 4.79 Å². The van der Waals surface area contributed by atoms with Crippen LogP contribution in [0.3, 0.4) is 0 Å². The largest absolute Gasteiger partial charge is 0.494 e. The van der Waals surface area contributed by atoms with E-state index < -0.39 is 6.10 Å². The monoisotopic (exact) mass is 354 g/mol. The highest BCUT2D eigenvalue weighted by atomic mass is 16.5. The number of benzene rings is 2. The summed E-state index contributed by atoms with van der Waals surface area (Å²) in [5, 5.41) is 11.8. The minimum absolute atomic E-state index is 0.291. The molecular weight excluding hydrogens is 332 g/mol. The fourth-order valence-corrected chi connectivity index (χ4v) is 2.23. The third kappa shape index (κ3) is 5.15. The first-order chi connectivity index (χ1) is 12.6. The summed E-state index contributed by atoms with van der Waals surface area (Å²) < 4.78 is 16.6. The smallest absolute Gasteiger partial charge is 0.265 e. The van der Waals surface area contributed by atoms with E-state index in [2.05, 4.69) is 11.4 Å². The molecule has 2 aromatic carbocycles. The van der Waals surface area contributed by atoms with E-state index in [1.54, 1.807) is 49.4 Å². The molecule has 0 fully saturated rings. The zero-order valence-corrected chi connectivity index (χ0v) is 15.1. The van der Waals surface area contributed by atoms with Crippen LogP contribution in [0.25, 0.3) is 0 Å². The molecule has 0 aliphatic rings. The lowest BCUT2D eigenvalue weighted by molar-refractivity contribution is -0.122. The van der Waals surface area contributed by atoms with Crippen molar-refractivity contribution < 1.29 is 19.0 Å². The predicted molar refractivity (Wildman–Crippen MR) is 98.7 cm³/mol. The van der Waals surface area contributed by atoms with E-state index in [1.165, 1.54) is 0 Å². The molecule has 1 N–H and O–H groups in total. The van der Waals surface area contributed by atoms with Crippen molar-refractivity contribution in [1.29, 1.82) is 5.26 Å². The van der Waals surface area contributed by atoms with Gasteiger partial charge in [0, 0.05) is 11.8 Å². The zero-order valence-electron chi connectivity index (χ0n) is 15.1. The van der Waals surface area contributed by atoms with Crippen molar-refractivity contribution in [1.82, 2.24) is 0 Å². The summed E-state index contributed by atoms with van der Waals surface area (Å²) in [5.74, 6) is 1.31. The summed E-state index contributed by atoms with van der Waals surface area (Å²) in [7, 11) is 0. The highest BCUT2D eigenvalue weighted by molar-refractivity contribution is 5.94. The van der Waals surface area contributed by atoms with Crippen LogP contribution in [0.4, 0.5) is 5.69 Å². The first kappa shape index (κ1) is 19.1. The van der Waals surface area contributed by atoms with Gasteiger partial charge in [0.15, 0.2) is 17.6 Å². The Morgan fingerprint density at radius 2 is 1.77 bits per heavy atom. The van der Waals surface area contributed by atoms with Crippen LogP contribution in [0.15, 0.2) is 42.5 Å². The van der Waals surface area contributed by atoms with Crippen LogP contribution in [0.1, 0.15) is 26.3 Å². The van der Waals surface area contributed by atoms with Gasteiger partial charge in [-0.15, -0.1) is 0 Å². The number of hydrogen-bond donors (Lipinski definition) is 1. The number of carbonyl (C=O) groups excluding carboxylic acids is 1. The van der Waals surface area contributed by atoms with Crippen LogP contribution in [0.5, 0.6) is 17.2 Å². The van der Waals surface area contributed by atoms with Crippen molar-refractivity contribution in [2.75, 3.05) is 18.5 Å². The standard InChI is InChI=1S/C20H22N2O4/c1-4-24-17-9-7-16(8-10-17)22-20(23)14(3)26-18-11-6-15(13-21)12-19(18)25-5-2/h6-12,14H,4-5H2,1-3H3,(H,22,23)/t14-/m0/s1. The average molecular weight is 354 g/mol. The molecule has 0 aliphatic carbocycles. The zero-order chi connectivity index (χ0) is 18.9. The van der Waals surface area contributed by atoms with E-state index in [4.69, 9.17) is 19.5 Å². The molecule has 2 rings (SSSR count). The van der Waals surface area contributed by atoms with Crippen molar-refractivity contribution in [3.8, 4) is 23.3 Å². The second kappa shape index (κ2) is 9.33. The molecule has 0 aliphatic heterocycles. The van der Waals surface area contributed by atoms with Gasteiger partial charge in [-0.2, -0.15) is 5.26 Å². The fourth-order valence-electron chi connectivity index (χ4n) is 2.23. The molecule has 136 valence electrons. The normalized spacial score (nSPS) is 11.2. The summed E-state index contributed by atoms with van der Waals surface area (Å²) in [6.07, 6.45) is -0.742. The number of anilines is 1. The summed E-state index contributed by atoms with van der Waals surface area (Å²) in [6.45, 7) is 6.42. The molecule has 2 aromatic rings. The lowest BCUT2D eigenvalue weighted by Gasteiger charge is -2.17. The van der Waals surface area contributed by atoms with Crippen molar-refractivity contribution >= 4 is 11.6 Å². The van der Waals surface area contributed by atoms with Gasteiger partial charge >= 0.3 is 0 Å². The molecule has 0 saturated heterocycles. The third-order valence-corrected chi connectivity index (χ3v) is 3.48. The Kier molecular flexibility index (Phi) is 6.86. The number of hydrogen-bond acceptors (Lipinski definition) is 5. The van der Waals surface area contributed by atoms with Crippen LogP contribution in [-0.2, 0) is 4.79 Å². The number of carbonyl (C=O) groups is 1. The van der Waals surface area contributed by atoms with Gasteiger partial charge in [0.2, 0.25) is 0 Å². The van der Waals surface area contributed by atoms with Crippen LogP contribution < -0.4 is 19.5 Å². The topological polar surface area (TPSA) is 80.6 Å². The molecule has 0 spiro atoms. The van der Waals surface area contributed by atoms with Gasteiger partial charge < -0.3 is 19.5 Å². The van der Waals surface area contributed by atoms with Gasteiger partial charge in [0.05, 0.1) is 24.8 Å². The van der Waals surface area contributed by atoms with Crippen molar-refractivity contribution in [2.45, 2.75) is 26.9 Å². The molecule has 0 heterocycles. The molecule has 0 unspecified atom stereocenters. The first-order valence-electron chi connectivity index (χ1n) is 8.44. The minimum Gasteiger partial charge on any atom is -0.494 e. The van der Waals surface area contributed by atoms with Crippen molar-refractivity contribution in [3.05, 3.63) is 48.0 Å². The highest BCUT2D eigenvalue weighted by Gasteiger charge is 2.17. The number of nitriles is 1. The second-order valence-electron chi connectivity index (χ2n) is 5.41. The van der Waals surface area contributed by atoms with E-state index in [-0.39, 0.29) is 5.91 Å². The first-order valence-corrected chi connectivity index (χ1v) is 8.44. The Bertz CT molecular complexity index is 781. The molecule has 6 heteroatoms. The van der Waals surface area contributed by atoms with Crippen LogP contribution in [-0.4, -0.2) is 25.2 Å². The maximum atomic E-state index is 12.4. The maximum absolute atomic E-state index is 12.4. The van der Waals surface area contributed by atoms with Gasteiger partial charge in [-0.25, -0.2) is 0 Å². The van der Waals surface area contributed by atoms with Crippen LogP contribution >= 0.6 is 0 Å². The van der Waals surface area contributed by atoms with E-state index in [0.29, 0.717) is 36.0 Å². The molecule has 1 amide bonds. The summed E-state index contributed by atoms with van der Waals surface area (Å²) in [4.78, 5) is 12.4. The Morgan fingerprint density at radius 1 is 1.08 bits per heavy atom. The maximum Gasteiger partial charge on any atom is 0.265 e. The van der Waals surface area contributed by atoms with Gasteiger partial charge in [-0.1, -0.05) is 0 Å². The molecule has 26 heavy (non-hydrogen) atoms. The highest BCUT2D eigenvalue weighted by Crippen LogP contribution is 2.29. The van der Waals surface area contributed by atoms with Gasteiger partial charge in [0.25, 0.3) is 5.91 Å². The Labute approximate surface area is 153 Å². The Balaban J connectivity index is 2.03. The molecular formula is C20H22N2O4. The summed E-state index contributed by atoms with van der Waals surface area (Å²) in [6, 6.07) is 14.0. The lowest BCUT2D eigenvalue weighted by Crippen LogP contribution is -2.30. The van der Waals surface area contributed by atoms with Crippen LogP contribution in [0, 0.1) is 11.3 Å². The lowest BCUT2D eigenvalue weighted by atomic mass is 10.2. The number of nitrogens with one attached hydrogen (secondary N) is 1.